The second-order valence-electron chi connectivity index (χ2n) is 6.10. The summed E-state index contributed by atoms with van der Waals surface area (Å²) in [5.41, 5.74) is 0. The van der Waals surface area contributed by atoms with Crippen LogP contribution in [0.25, 0.3) is 0 Å². The maximum atomic E-state index is 3.91. The van der Waals surface area contributed by atoms with Gasteiger partial charge in [-0.25, -0.2) is 0 Å². The van der Waals surface area contributed by atoms with E-state index in [-0.39, 0.29) is 0 Å². The predicted molar refractivity (Wildman–Crippen MR) is 67.2 cm³/mol. The molecule has 0 aromatic carbocycles. The molecule has 2 saturated carbocycles. The van der Waals surface area contributed by atoms with Crippen molar-refractivity contribution in [2.45, 2.75) is 70.0 Å². The van der Waals surface area contributed by atoms with E-state index < -0.39 is 0 Å². The van der Waals surface area contributed by atoms with E-state index in [4.69, 9.17) is 0 Å². The number of hydrogen-bond donors (Lipinski definition) is 2. The van der Waals surface area contributed by atoms with Gasteiger partial charge < -0.3 is 5.32 Å². The first-order chi connectivity index (χ1) is 7.93. The Morgan fingerprint density at radius 3 is 2.25 bits per heavy atom. The zero-order valence-electron chi connectivity index (χ0n) is 10.4. The summed E-state index contributed by atoms with van der Waals surface area (Å²) in [5, 5.41) is 7.69. The quantitative estimate of drug-likeness (QED) is 0.713. The Bertz CT molecular complexity index is 220. The van der Waals surface area contributed by atoms with Crippen LogP contribution in [0.2, 0.25) is 0 Å². The van der Waals surface area contributed by atoms with E-state index in [0.29, 0.717) is 6.17 Å². The highest BCUT2D eigenvalue weighted by Crippen LogP contribution is 2.31. The summed E-state index contributed by atoms with van der Waals surface area (Å²) in [6.07, 6.45) is 13.7. The highest BCUT2D eigenvalue weighted by molar-refractivity contribution is 4.92. The zero-order chi connectivity index (χ0) is 10.8. The van der Waals surface area contributed by atoms with Crippen LogP contribution in [-0.2, 0) is 0 Å². The van der Waals surface area contributed by atoms with Gasteiger partial charge in [-0.3, -0.25) is 5.32 Å². The molecule has 2 N–H and O–H groups in total. The SMILES string of the molecule is C1CCC(C2NCC3CCCCC3N2)CC1. The van der Waals surface area contributed by atoms with Crippen molar-refractivity contribution in [1.29, 1.82) is 0 Å². The molecule has 0 aromatic heterocycles. The summed E-state index contributed by atoms with van der Waals surface area (Å²) < 4.78 is 0. The lowest BCUT2D eigenvalue weighted by Crippen LogP contribution is -2.61. The summed E-state index contributed by atoms with van der Waals surface area (Å²) in [5.74, 6) is 1.84. The molecule has 0 radical (unpaired) electrons. The lowest BCUT2D eigenvalue weighted by Gasteiger charge is -2.44. The van der Waals surface area contributed by atoms with Crippen LogP contribution in [0.1, 0.15) is 57.8 Å². The average molecular weight is 222 g/mol. The smallest absolute Gasteiger partial charge is 0.0603 e. The van der Waals surface area contributed by atoms with Crippen LogP contribution in [0.3, 0.4) is 0 Å². The lowest BCUT2D eigenvalue weighted by molar-refractivity contribution is 0.121. The molecule has 1 heterocycles. The molecule has 0 spiro atoms. The molecular weight excluding hydrogens is 196 g/mol. The summed E-state index contributed by atoms with van der Waals surface area (Å²) in [4.78, 5) is 0. The molecule has 3 aliphatic rings. The van der Waals surface area contributed by atoms with Gasteiger partial charge in [0.05, 0.1) is 6.17 Å². The maximum Gasteiger partial charge on any atom is 0.0603 e. The maximum absolute atomic E-state index is 3.91. The molecule has 1 aliphatic heterocycles. The largest absolute Gasteiger partial charge is 0.301 e. The molecule has 0 aromatic rings. The Balaban J connectivity index is 1.57. The zero-order valence-corrected chi connectivity index (χ0v) is 10.4. The van der Waals surface area contributed by atoms with Gasteiger partial charge in [0.25, 0.3) is 0 Å². The van der Waals surface area contributed by atoms with Crippen LogP contribution in [0, 0.1) is 11.8 Å². The molecule has 92 valence electrons. The molecule has 16 heavy (non-hydrogen) atoms. The molecule has 2 aliphatic carbocycles. The molecule has 3 unspecified atom stereocenters. The van der Waals surface area contributed by atoms with E-state index >= 15 is 0 Å². The Morgan fingerprint density at radius 2 is 1.38 bits per heavy atom. The lowest BCUT2D eigenvalue weighted by atomic mass is 9.80. The van der Waals surface area contributed by atoms with E-state index in [1.165, 1.54) is 64.3 Å². The number of hydrogen-bond acceptors (Lipinski definition) is 2. The van der Waals surface area contributed by atoms with Gasteiger partial charge in [0.2, 0.25) is 0 Å². The Kier molecular flexibility index (Phi) is 3.49. The minimum atomic E-state index is 0.639. The molecular formula is C14H26N2. The van der Waals surface area contributed by atoms with Gasteiger partial charge in [-0.05, 0) is 37.5 Å². The van der Waals surface area contributed by atoms with Crippen LogP contribution in [0.4, 0.5) is 0 Å². The first kappa shape index (κ1) is 11.0. The molecule has 3 rings (SSSR count). The van der Waals surface area contributed by atoms with E-state index in [1.54, 1.807) is 0 Å². The van der Waals surface area contributed by atoms with Crippen molar-refractivity contribution >= 4 is 0 Å². The first-order valence-corrected chi connectivity index (χ1v) is 7.43. The van der Waals surface area contributed by atoms with Gasteiger partial charge in [-0.15, -0.1) is 0 Å². The fraction of sp³-hybridized carbons (Fsp3) is 1.00. The van der Waals surface area contributed by atoms with Crippen molar-refractivity contribution in [2.75, 3.05) is 6.54 Å². The third-order valence-electron chi connectivity index (χ3n) is 5.02. The van der Waals surface area contributed by atoms with Crippen LogP contribution < -0.4 is 10.6 Å². The predicted octanol–water partition coefficient (Wildman–Crippen LogP) is 2.64. The summed E-state index contributed by atoms with van der Waals surface area (Å²) in [6, 6.07) is 0.835. The third kappa shape index (κ3) is 2.28. The van der Waals surface area contributed by atoms with E-state index in [2.05, 4.69) is 10.6 Å². The van der Waals surface area contributed by atoms with Crippen molar-refractivity contribution in [3.05, 3.63) is 0 Å². The van der Waals surface area contributed by atoms with E-state index in [9.17, 15) is 0 Å². The topological polar surface area (TPSA) is 24.1 Å². The standard InChI is InChI=1S/C14H26N2/c1-2-6-11(7-3-1)14-15-10-12-8-4-5-9-13(12)16-14/h11-16H,1-10H2. The second kappa shape index (κ2) is 5.05. The van der Waals surface area contributed by atoms with Crippen LogP contribution in [0.5, 0.6) is 0 Å². The third-order valence-corrected chi connectivity index (χ3v) is 5.02. The van der Waals surface area contributed by atoms with Gasteiger partial charge in [0, 0.05) is 12.6 Å². The Hall–Kier alpha value is -0.0800. The van der Waals surface area contributed by atoms with E-state index in [0.717, 1.165) is 17.9 Å². The van der Waals surface area contributed by atoms with Crippen LogP contribution in [-0.4, -0.2) is 18.8 Å². The highest BCUT2D eigenvalue weighted by atomic mass is 15.2. The molecule has 1 saturated heterocycles. The van der Waals surface area contributed by atoms with Crippen molar-refractivity contribution in [2.24, 2.45) is 11.8 Å². The van der Waals surface area contributed by atoms with Crippen molar-refractivity contribution in [1.82, 2.24) is 10.6 Å². The highest BCUT2D eigenvalue weighted by Gasteiger charge is 2.34. The summed E-state index contributed by atoms with van der Waals surface area (Å²) in [6.45, 7) is 1.28. The van der Waals surface area contributed by atoms with E-state index in [1.807, 2.05) is 0 Å². The van der Waals surface area contributed by atoms with Crippen LogP contribution >= 0.6 is 0 Å². The molecule has 2 heteroatoms. The molecule has 0 bridgehead atoms. The van der Waals surface area contributed by atoms with Crippen molar-refractivity contribution < 1.29 is 0 Å². The molecule has 3 fully saturated rings. The van der Waals surface area contributed by atoms with Gasteiger partial charge in [0.15, 0.2) is 0 Å². The minimum Gasteiger partial charge on any atom is -0.301 e. The molecule has 3 atom stereocenters. The summed E-state index contributed by atoms with van der Waals surface area (Å²) >= 11 is 0. The van der Waals surface area contributed by atoms with Crippen molar-refractivity contribution in [3.63, 3.8) is 0 Å². The number of fused-ring (bicyclic) bond motifs is 1. The number of nitrogens with one attached hydrogen (secondary N) is 2. The monoisotopic (exact) mass is 222 g/mol. The fourth-order valence-corrected chi connectivity index (χ4v) is 4.01. The first-order valence-electron chi connectivity index (χ1n) is 7.43. The molecule has 2 nitrogen and oxygen atoms in total. The average Bonchev–Trinajstić information content (AvgIpc) is 2.39. The number of rotatable bonds is 1. The Morgan fingerprint density at radius 1 is 0.688 bits per heavy atom. The van der Waals surface area contributed by atoms with Gasteiger partial charge in [0.1, 0.15) is 0 Å². The van der Waals surface area contributed by atoms with Gasteiger partial charge in [-0.1, -0.05) is 32.1 Å². The minimum absolute atomic E-state index is 0.639. The summed E-state index contributed by atoms with van der Waals surface area (Å²) in [7, 11) is 0. The fourth-order valence-electron chi connectivity index (χ4n) is 4.01. The second-order valence-corrected chi connectivity index (χ2v) is 6.10. The normalized spacial score (nSPS) is 41.6. The van der Waals surface area contributed by atoms with Crippen molar-refractivity contribution in [3.8, 4) is 0 Å². The van der Waals surface area contributed by atoms with Crippen LogP contribution in [0.15, 0.2) is 0 Å². The van der Waals surface area contributed by atoms with Gasteiger partial charge >= 0.3 is 0 Å². The molecule has 0 amide bonds. The Labute approximate surface area is 99.6 Å². The van der Waals surface area contributed by atoms with Gasteiger partial charge in [-0.2, -0.15) is 0 Å².